The van der Waals surface area contributed by atoms with E-state index in [0.717, 1.165) is 5.92 Å². The molecule has 31 heavy (non-hydrogen) atoms. The van der Waals surface area contributed by atoms with Gasteiger partial charge in [0.1, 0.15) is 0 Å². The van der Waals surface area contributed by atoms with Crippen molar-refractivity contribution in [3.05, 3.63) is 0 Å². The van der Waals surface area contributed by atoms with Crippen molar-refractivity contribution in [3.8, 4) is 0 Å². The van der Waals surface area contributed by atoms with Crippen LogP contribution in [0.3, 0.4) is 0 Å². The SMILES string of the molecule is CCCCCCCCCCN1CCC(C)C1.O=S(=O)(NS(=O)(=O)C(F)(F)F)C(F)(F)F. The molecule has 1 unspecified atom stereocenters. The highest BCUT2D eigenvalue weighted by molar-refractivity contribution is 8.05. The third kappa shape index (κ3) is 12.3. The number of hydrogen-bond acceptors (Lipinski definition) is 5. The summed E-state index contributed by atoms with van der Waals surface area (Å²) in [6.45, 7) is 8.75. The Bertz CT molecular complexity index is 667. The molecule has 1 atom stereocenters. The van der Waals surface area contributed by atoms with Crippen molar-refractivity contribution in [2.45, 2.75) is 82.7 Å². The van der Waals surface area contributed by atoms with Crippen molar-refractivity contribution in [1.29, 1.82) is 0 Å². The molecule has 0 radical (unpaired) electrons. The standard InChI is InChI=1S/C15H31N.C2HF6NO4S2/c1-3-4-5-6-7-8-9-10-12-16-13-11-15(2)14-16;3-1(4,5)14(10,11)9-15(12,13)2(6,7)8/h15H,3-14H2,1-2H3;9H. The Morgan fingerprint density at radius 3 is 1.58 bits per heavy atom. The molecule has 1 fully saturated rings. The first-order valence-corrected chi connectivity index (χ1v) is 13.1. The van der Waals surface area contributed by atoms with Gasteiger partial charge in [-0.05, 0) is 31.8 Å². The summed E-state index contributed by atoms with van der Waals surface area (Å²) >= 11 is 0. The average molecular weight is 507 g/mol. The monoisotopic (exact) mass is 506 g/mol. The Balaban J connectivity index is 0.000000582. The van der Waals surface area contributed by atoms with Crippen molar-refractivity contribution in [2.75, 3.05) is 19.6 Å². The minimum Gasteiger partial charge on any atom is -0.303 e. The zero-order valence-electron chi connectivity index (χ0n) is 17.7. The molecule has 1 N–H and O–H groups in total. The molecule has 1 rings (SSSR count). The summed E-state index contributed by atoms with van der Waals surface area (Å²) in [7, 11) is -13.2. The van der Waals surface area contributed by atoms with Crippen LogP contribution in [0.15, 0.2) is 0 Å². The molecule has 0 aromatic carbocycles. The Morgan fingerprint density at radius 1 is 0.806 bits per heavy atom. The first-order valence-electron chi connectivity index (χ1n) is 10.2. The normalized spacial score (nSPS) is 18.6. The van der Waals surface area contributed by atoms with Gasteiger partial charge in [-0.1, -0.05) is 62.9 Å². The number of hydrogen-bond donors (Lipinski definition) is 1. The fraction of sp³-hybridized carbons (Fsp3) is 1.00. The molecule has 0 aromatic heterocycles. The number of sulfonamides is 2. The van der Waals surface area contributed by atoms with Crippen molar-refractivity contribution in [2.24, 2.45) is 5.92 Å². The highest BCUT2D eigenvalue weighted by Gasteiger charge is 2.55. The lowest BCUT2D eigenvalue weighted by Crippen LogP contribution is -2.45. The molecular formula is C17H32F6N2O4S2. The van der Waals surface area contributed by atoms with E-state index < -0.39 is 35.2 Å². The summed E-state index contributed by atoms with van der Waals surface area (Å²) in [6.07, 6.45) is 13.0. The summed E-state index contributed by atoms with van der Waals surface area (Å²) < 4.78 is 108. The number of nitrogens with zero attached hydrogens (tertiary/aromatic N) is 1. The fourth-order valence-electron chi connectivity index (χ4n) is 2.94. The second-order valence-corrected chi connectivity index (χ2v) is 11.3. The highest BCUT2D eigenvalue weighted by atomic mass is 32.3. The maximum absolute atomic E-state index is 11.5. The molecule has 0 bridgehead atoms. The molecule has 1 saturated heterocycles. The number of halogens is 6. The summed E-state index contributed by atoms with van der Waals surface area (Å²) in [4.78, 5) is 2.65. The predicted octanol–water partition coefficient (Wildman–Crippen LogP) is 4.74. The van der Waals surface area contributed by atoms with Crippen LogP contribution in [0.5, 0.6) is 0 Å². The van der Waals surface area contributed by atoms with Gasteiger partial charge in [0.2, 0.25) is 0 Å². The van der Waals surface area contributed by atoms with Crippen molar-refractivity contribution >= 4 is 20.0 Å². The van der Waals surface area contributed by atoms with E-state index in [9.17, 15) is 43.2 Å². The fourth-order valence-corrected chi connectivity index (χ4v) is 4.85. The Kier molecular flexibility index (Phi) is 12.9. The topological polar surface area (TPSA) is 83.6 Å². The molecule has 14 heteroatoms. The average Bonchev–Trinajstić information content (AvgIpc) is 3.00. The number of alkyl halides is 6. The molecule has 1 heterocycles. The second kappa shape index (κ2) is 13.2. The lowest BCUT2D eigenvalue weighted by Gasteiger charge is -2.14. The molecule has 6 nitrogen and oxygen atoms in total. The zero-order valence-corrected chi connectivity index (χ0v) is 19.4. The number of nitrogens with one attached hydrogen (secondary N) is 1. The molecule has 0 aromatic rings. The molecule has 0 spiro atoms. The van der Waals surface area contributed by atoms with E-state index in [1.54, 1.807) is 0 Å². The number of unbranched alkanes of at least 4 members (excludes halogenated alkanes) is 7. The lowest BCUT2D eigenvalue weighted by atomic mass is 10.1. The van der Waals surface area contributed by atoms with Crippen LogP contribution in [-0.4, -0.2) is 52.4 Å². The van der Waals surface area contributed by atoms with Crippen LogP contribution in [0.2, 0.25) is 0 Å². The van der Waals surface area contributed by atoms with Gasteiger partial charge < -0.3 is 4.90 Å². The molecule has 0 saturated carbocycles. The summed E-state index contributed by atoms with van der Waals surface area (Å²) in [5.41, 5.74) is -12.3. The van der Waals surface area contributed by atoms with Gasteiger partial charge in [-0.2, -0.15) is 26.3 Å². The van der Waals surface area contributed by atoms with E-state index in [1.165, 1.54) is 77.4 Å². The van der Waals surface area contributed by atoms with Crippen molar-refractivity contribution in [3.63, 3.8) is 0 Å². The summed E-state index contributed by atoms with van der Waals surface area (Å²) in [5, 5.41) is 0. The first-order chi connectivity index (χ1) is 14.0. The van der Waals surface area contributed by atoms with Crippen LogP contribution in [0.25, 0.3) is 0 Å². The maximum atomic E-state index is 11.5. The van der Waals surface area contributed by atoms with Crippen molar-refractivity contribution in [1.82, 2.24) is 9.03 Å². The Morgan fingerprint density at radius 2 is 1.23 bits per heavy atom. The third-order valence-corrected chi connectivity index (χ3v) is 7.64. The van der Waals surface area contributed by atoms with Crippen molar-refractivity contribution < 1.29 is 43.2 Å². The quantitative estimate of drug-likeness (QED) is 0.323. The van der Waals surface area contributed by atoms with Crippen LogP contribution >= 0.6 is 0 Å². The van der Waals surface area contributed by atoms with Gasteiger partial charge in [-0.3, -0.25) is 0 Å². The van der Waals surface area contributed by atoms with E-state index in [1.807, 2.05) is 0 Å². The zero-order chi connectivity index (χ0) is 24.3. The van der Waals surface area contributed by atoms with E-state index in [0.29, 0.717) is 0 Å². The number of likely N-dealkylation sites (tertiary alicyclic amines) is 1. The molecule has 1 aliphatic rings. The molecule has 188 valence electrons. The van der Waals surface area contributed by atoms with Crippen LogP contribution in [0.1, 0.15) is 71.6 Å². The number of rotatable bonds is 11. The maximum Gasteiger partial charge on any atom is 0.512 e. The van der Waals surface area contributed by atoms with E-state index in [2.05, 4.69) is 18.7 Å². The lowest BCUT2D eigenvalue weighted by molar-refractivity contribution is -0.0476. The highest BCUT2D eigenvalue weighted by Crippen LogP contribution is 2.27. The van der Waals surface area contributed by atoms with Gasteiger partial charge in [0.15, 0.2) is 0 Å². The smallest absolute Gasteiger partial charge is 0.303 e. The largest absolute Gasteiger partial charge is 0.512 e. The Hall–Kier alpha value is -0.600. The van der Waals surface area contributed by atoms with E-state index in [-0.39, 0.29) is 0 Å². The van der Waals surface area contributed by atoms with Gasteiger partial charge in [0.05, 0.1) is 0 Å². The van der Waals surface area contributed by atoms with Crippen LogP contribution in [-0.2, 0) is 20.0 Å². The molecule has 0 aliphatic carbocycles. The molecule has 0 amide bonds. The minimum absolute atomic E-state index is 0.493. The summed E-state index contributed by atoms with van der Waals surface area (Å²) in [6, 6.07) is 0. The van der Waals surface area contributed by atoms with Gasteiger partial charge in [0, 0.05) is 6.54 Å². The summed E-state index contributed by atoms with van der Waals surface area (Å²) in [5.74, 6) is 0.953. The minimum atomic E-state index is -6.60. The van der Waals surface area contributed by atoms with Gasteiger partial charge >= 0.3 is 31.1 Å². The molecular weight excluding hydrogens is 474 g/mol. The first kappa shape index (κ1) is 30.4. The van der Waals surface area contributed by atoms with Crippen LogP contribution < -0.4 is 4.13 Å². The second-order valence-electron chi connectivity index (χ2n) is 7.65. The Labute approximate surface area is 180 Å². The van der Waals surface area contributed by atoms with E-state index >= 15 is 0 Å². The van der Waals surface area contributed by atoms with Gasteiger partial charge in [0.25, 0.3) is 0 Å². The van der Waals surface area contributed by atoms with Gasteiger partial charge in [-0.15, -0.1) is 0 Å². The predicted molar refractivity (Wildman–Crippen MR) is 106 cm³/mol. The van der Waals surface area contributed by atoms with E-state index in [4.69, 9.17) is 0 Å². The molecule has 1 aliphatic heterocycles. The van der Waals surface area contributed by atoms with Crippen LogP contribution in [0.4, 0.5) is 26.3 Å². The third-order valence-electron chi connectivity index (χ3n) is 4.66. The van der Waals surface area contributed by atoms with Gasteiger partial charge in [-0.25, -0.2) is 16.8 Å². The van der Waals surface area contributed by atoms with Crippen LogP contribution in [0, 0.1) is 5.92 Å².